The molecule has 1 atom stereocenters. The lowest BCUT2D eigenvalue weighted by Crippen LogP contribution is -2.25. The first-order valence-electron chi connectivity index (χ1n) is 8.09. The molecule has 0 spiro atoms. The van der Waals surface area contributed by atoms with Crippen LogP contribution >= 0.6 is 0 Å². The summed E-state index contributed by atoms with van der Waals surface area (Å²) in [4.78, 5) is 8.96. The number of nitrogens with one attached hydrogen (secondary N) is 2. The SMILES string of the molecule is Cc1cc(NC2CCS(=O)(=O)C2)nc(NC2CCCCC2)n1. The van der Waals surface area contributed by atoms with Gasteiger partial charge >= 0.3 is 0 Å². The zero-order valence-electron chi connectivity index (χ0n) is 13.0. The number of rotatable bonds is 4. The van der Waals surface area contributed by atoms with E-state index in [0.29, 0.717) is 24.2 Å². The average molecular weight is 324 g/mol. The van der Waals surface area contributed by atoms with E-state index >= 15 is 0 Å². The van der Waals surface area contributed by atoms with Crippen LogP contribution in [-0.2, 0) is 9.84 Å². The van der Waals surface area contributed by atoms with Gasteiger partial charge in [-0.2, -0.15) is 4.98 Å². The monoisotopic (exact) mass is 324 g/mol. The largest absolute Gasteiger partial charge is 0.366 e. The van der Waals surface area contributed by atoms with Gasteiger partial charge in [0.1, 0.15) is 5.82 Å². The fraction of sp³-hybridized carbons (Fsp3) is 0.733. The van der Waals surface area contributed by atoms with E-state index in [2.05, 4.69) is 20.6 Å². The summed E-state index contributed by atoms with van der Waals surface area (Å²) in [6, 6.07) is 2.29. The third-order valence-electron chi connectivity index (χ3n) is 4.38. The second-order valence-corrected chi connectivity index (χ2v) is 8.67. The molecule has 1 aromatic heterocycles. The highest BCUT2D eigenvalue weighted by atomic mass is 32.2. The van der Waals surface area contributed by atoms with Crippen LogP contribution < -0.4 is 10.6 Å². The maximum absolute atomic E-state index is 11.5. The van der Waals surface area contributed by atoms with Crippen molar-refractivity contribution in [1.82, 2.24) is 9.97 Å². The Balaban J connectivity index is 1.67. The predicted molar refractivity (Wildman–Crippen MR) is 87.9 cm³/mol. The van der Waals surface area contributed by atoms with Crippen LogP contribution in [0, 0.1) is 6.92 Å². The first kappa shape index (κ1) is 15.5. The second kappa shape index (κ2) is 6.40. The number of hydrogen-bond donors (Lipinski definition) is 2. The summed E-state index contributed by atoms with van der Waals surface area (Å²) in [5.41, 5.74) is 0.886. The van der Waals surface area contributed by atoms with Crippen LogP contribution in [0.1, 0.15) is 44.2 Å². The lowest BCUT2D eigenvalue weighted by molar-refractivity contribution is 0.461. The molecule has 1 aromatic rings. The molecule has 0 radical (unpaired) electrons. The molecule has 1 aliphatic carbocycles. The number of sulfone groups is 1. The Bertz CT molecular complexity index is 626. The van der Waals surface area contributed by atoms with Crippen LogP contribution in [0.2, 0.25) is 0 Å². The number of anilines is 2. The molecule has 2 aliphatic rings. The summed E-state index contributed by atoms with van der Waals surface area (Å²) in [5, 5.41) is 6.67. The standard InChI is InChI=1S/C15H24N4O2S/c1-11-9-14(17-13-7-8-22(20,21)10-13)19-15(16-11)18-12-5-3-2-4-6-12/h9,12-13H,2-8,10H2,1H3,(H2,16,17,18,19). The third kappa shape index (κ3) is 4.09. The summed E-state index contributed by atoms with van der Waals surface area (Å²) >= 11 is 0. The predicted octanol–water partition coefficient (Wildman–Crippen LogP) is 2.13. The first-order chi connectivity index (χ1) is 10.5. The van der Waals surface area contributed by atoms with Crippen LogP contribution in [0.4, 0.5) is 11.8 Å². The minimum absolute atomic E-state index is 0.0400. The van der Waals surface area contributed by atoms with Gasteiger partial charge in [-0.15, -0.1) is 0 Å². The van der Waals surface area contributed by atoms with Crippen LogP contribution in [0.15, 0.2) is 6.07 Å². The molecule has 0 amide bonds. The highest BCUT2D eigenvalue weighted by Crippen LogP contribution is 2.22. The van der Waals surface area contributed by atoms with Gasteiger partial charge in [0.15, 0.2) is 9.84 Å². The Kier molecular flexibility index (Phi) is 4.52. The van der Waals surface area contributed by atoms with E-state index in [4.69, 9.17) is 0 Å². The molecule has 0 aromatic carbocycles. The lowest BCUT2D eigenvalue weighted by Gasteiger charge is -2.23. The Morgan fingerprint density at radius 2 is 1.82 bits per heavy atom. The number of nitrogens with zero attached hydrogens (tertiary/aromatic N) is 2. The molecule has 1 unspecified atom stereocenters. The molecule has 3 rings (SSSR count). The molecule has 2 N–H and O–H groups in total. The maximum Gasteiger partial charge on any atom is 0.225 e. The molecule has 1 aliphatic heterocycles. The molecule has 0 bridgehead atoms. The van der Waals surface area contributed by atoms with E-state index in [-0.39, 0.29) is 17.5 Å². The third-order valence-corrected chi connectivity index (χ3v) is 6.14. The van der Waals surface area contributed by atoms with E-state index < -0.39 is 9.84 Å². The molecule has 122 valence electrons. The highest BCUT2D eigenvalue weighted by Gasteiger charge is 2.28. The summed E-state index contributed by atoms with van der Waals surface area (Å²) in [6.45, 7) is 1.93. The minimum Gasteiger partial charge on any atom is -0.366 e. The van der Waals surface area contributed by atoms with Gasteiger partial charge in [0, 0.05) is 23.8 Å². The van der Waals surface area contributed by atoms with Crippen molar-refractivity contribution >= 4 is 21.6 Å². The molecular formula is C15H24N4O2S. The van der Waals surface area contributed by atoms with Crippen molar-refractivity contribution in [3.05, 3.63) is 11.8 Å². The number of aryl methyl sites for hydroxylation is 1. The van der Waals surface area contributed by atoms with Gasteiger partial charge in [-0.1, -0.05) is 19.3 Å². The second-order valence-electron chi connectivity index (χ2n) is 6.44. The molecule has 1 saturated heterocycles. The molecule has 1 saturated carbocycles. The van der Waals surface area contributed by atoms with Gasteiger partial charge in [0.25, 0.3) is 0 Å². The van der Waals surface area contributed by atoms with Crippen LogP contribution in [0.3, 0.4) is 0 Å². The average Bonchev–Trinajstić information content (AvgIpc) is 2.78. The van der Waals surface area contributed by atoms with Crippen molar-refractivity contribution in [3.8, 4) is 0 Å². The van der Waals surface area contributed by atoms with E-state index in [0.717, 1.165) is 5.69 Å². The molecule has 2 fully saturated rings. The zero-order chi connectivity index (χ0) is 15.6. The lowest BCUT2D eigenvalue weighted by atomic mass is 9.96. The van der Waals surface area contributed by atoms with Crippen molar-refractivity contribution in [3.63, 3.8) is 0 Å². The molecule has 7 heteroatoms. The summed E-state index contributed by atoms with van der Waals surface area (Å²) < 4.78 is 23.1. The topological polar surface area (TPSA) is 84.0 Å². The van der Waals surface area contributed by atoms with Crippen molar-refractivity contribution < 1.29 is 8.42 Å². The maximum atomic E-state index is 11.5. The summed E-state index contributed by atoms with van der Waals surface area (Å²) in [7, 11) is -2.88. The highest BCUT2D eigenvalue weighted by molar-refractivity contribution is 7.91. The van der Waals surface area contributed by atoms with Gasteiger partial charge in [-0.05, 0) is 26.2 Å². The van der Waals surface area contributed by atoms with Crippen LogP contribution in [0.5, 0.6) is 0 Å². The van der Waals surface area contributed by atoms with Gasteiger partial charge in [0.05, 0.1) is 11.5 Å². The van der Waals surface area contributed by atoms with Crippen molar-refractivity contribution in [2.24, 2.45) is 0 Å². The Morgan fingerprint density at radius 3 is 2.50 bits per heavy atom. The Morgan fingerprint density at radius 1 is 1.05 bits per heavy atom. The van der Waals surface area contributed by atoms with Crippen LogP contribution in [0.25, 0.3) is 0 Å². The van der Waals surface area contributed by atoms with Gasteiger partial charge in [-0.25, -0.2) is 13.4 Å². The van der Waals surface area contributed by atoms with Gasteiger partial charge in [-0.3, -0.25) is 0 Å². The van der Waals surface area contributed by atoms with Crippen molar-refractivity contribution in [2.45, 2.75) is 57.5 Å². The normalized spacial score (nSPS) is 25.0. The minimum atomic E-state index is -2.88. The van der Waals surface area contributed by atoms with Gasteiger partial charge < -0.3 is 10.6 Å². The van der Waals surface area contributed by atoms with Crippen molar-refractivity contribution in [1.29, 1.82) is 0 Å². The fourth-order valence-electron chi connectivity index (χ4n) is 3.25. The number of hydrogen-bond acceptors (Lipinski definition) is 6. The first-order valence-corrected chi connectivity index (χ1v) is 9.91. The quantitative estimate of drug-likeness (QED) is 0.882. The summed E-state index contributed by atoms with van der Waals surface area (Å²) in [5.74, 6) is 1.83. The molecule has 6 nitrogen and oxygen atoms in total. The molecular weight excluding hydrogens is 300 g/mol. The molecule has 2 heterocycles. The molecule has 22 heavy (non-hydrogen) atoms. The Hall–Kier alpha value is -1.37. The van der Waals surface area contributed by atoms with Crippen LogP contribution in [-0.4, -0.2) is 42.0 Å². The number of aromatic nitrogens is 2. The van der Waals surface area contributed by atoms with Crippen molar-refractivity contribution in [2.75, 3.05) is 22.1 Å². The zero-order valence-corrected chi connectivity index (χ0v) is 13.8. The smallest absolute Gasteiger partial charge is 0.225 e. The summed E-state index contributed by atoms with van der Waals surface area (Å²) in [6.07, 6.45) is 6.82. The van der Waals surface area contributed by atoms with E-state index in [1.165, 1.54) is 32.1 Å². The van der Waals surface area contributed by atoms with Gasteiger partial charge in [0.2, 0.25) is 5.95 Å². The van der Waals surface area contributed by atoms with E-state index in [1.54, 1.807) is 0 Å². The van der Waals surface area contributed by atoms with E-state index in [1.807, 2.05) is 13.0 Å². The fourth-order valence-corrected chi connectivity index (χ4v) is 4.93. The van der Waals surface area contributed by atoms with E-state index in [9.17, 15) is 8.42 Å². The Labute approximate surface area is 132 Å².